The highest BCUT2D eigenvalue weighted by molar-refractivity contribution is 5.81. The topological polar surface area (TPSA) is 47.4 Å². The summed E-state index contributed by atoms with van der Waals surface area (Å²) in [6.07, 6.45) is 4.89. The van der Waals surface area contributed by atoms with Crippen LogP contribution in [0, 0.1) is 5.82 Å². The Morgan fingerprint density at radius 3 is 2.55 bits per heavy atom. The van der Waals surface area contributed by atoms with E-state index in [1.165, 1.54) is 30.2 Å². The first-order chi connectivity index (χ1) is 15.1. The van der Waals surface area contributed by atoms with Crippen LogP contribution in [0.4, 0.5) is 4.39 Å². The minimum atomic E-state index is -0.288. The van der Waals surface area contributed by atoms with Crippen molar-refractivity contribution in [1.29, 1.82) is 0 Å². The van der Waals surface area contributed by atoms with Crippen LogP contribution in [0.2, 0.25) is 0 Å². The zero-order chi connectivity index (χ0) is 21.2. The van der Waals surface area contributed by atoms with Gasteiger partial charge >= 0.3 is 0 Å². The Labute approximate surface area is 179 Å². The van der Waals surface area contributed by atoms with Gasteiger partial charge in [0.25, 0.3) is 5.56 Å². The predicted octanol–water partition coefficient (Wildman–Crippen LogP) is 4.31. The molecule has 5 nitrogen and oxygen atoms in total. The highest BCUT2D eigenvalue weighted by atomic mass is 19.1. The average Bonchev–Trinajstić information content (AvgIpc) is 2.75. The van der Waals surface area contributed by atoms with Crippen molar-refractivity contribution in [3.63, 3.8) is 0 Å². The van der Waals surface area contributed by atoms with Crippen molar-refractivity contribution in [1.82, 2.24) is 14.5 Å². The Hall–Kier alpha value is -3.51. The molecule has 0 atom stereocenters. The van der Waals surface area contributed by atoms with Gasteiger partial charge in [-0.25, -0.2) is 4.39 Å². The molecule has 1 saturated heterocycles. The maximum atomic E-state index is 13.0. The van der Waals surface area contributed by atoms with E-state index in [1.54, 1.807) is 29.0 Å². The molecule has 0 radical (unpaired) electrons. The van der Waals surface area contributed by atoms with Gasteiger partial charge in [0.05, 0.1) is 11.2 Å². The van der Waals surface area contributed by atoms with Crippen molar-refractivity contribution in [2.45, 2.75) is 19.6 Å². The molecule has 2 aromatic heterocycles. The van der Waals surface area contributed by atoms with Gasteiger partial charge in [-0.2, -0.15) is 0 Å². The standard InChI is InChI=1S/C25H22FN3O2/c26-21-5-2-18(3-6-21)17-31-23-8-11-29(25(30)14-23)22-7-4-20-12-19(15-27-24(20)13-22)16-28-9-1-10-28/h2-8,11-15H,1,9-10,16-17H2. The maximum Gasteiger partial charge on any atom is 0.258 e. The summed E-state index contributed by atoms with van der Waals surface area (Å²) in [6.45, 7) is 3.51. The molecule has 0 amide bonds. The van der Waals surface area contributed by atoms with Crippen molar-refractivity contribution < 1.29 is 9.13 Å². The Bertz CT molecular complexity index is 1280. The Kier molecular flexibility index (Phi) is 5.22. The Morgan fingerprint density at radius 1 is 0.968 bits per heavy atom. The smallest absolute Gasteiger partial charge is 0.258 e. The molecule has 0 aliphatic carbocycles. The summed E-state index contributed by atoms with van der Waals surface area (Å²) in [7, 11) is 0. The summed E-state index contributed by atoms with van der Waals surface area (Å²) >= 11 is 0. The first kappa shape index (κ1) is 19.5. The van der Waals surface area contributed by atoms with Gasteiger partial charge in [0, 0.05) is 30.4 Å². The third-order valence-electron chi connectivity index (χ3n) is 5.57. The molecule has 1 aliphatic heterocycles. The molecule has 3 heterocycles. The van der Waals surface area contributed by atoms with Crippen LogP contribution < -0.4 is 10.3 Å². The molecule has 4 aromatic rings. The number of nitrogens with zero attached hydrogens (tertiary/aromatic N) is 3. The van der Waals surface area contributed by atoms with Crippen LogP contribution >= 0.6 is 0 Å². The van der Waals surface area contributed by atoms with Gasteiger partial charge in [-0.3, -0.25) is 19.2 Å². The molecular weight excluding hydrogens is 393 g/mol. The van der Waals surface area contributed by atoms with Gasteiger partial charge < -0.3 is 4.74 Å². The van der Waals surface area contributed by atoms with E-state index in [4.69, 9.17) is 4.74 Å². The fraction of sp³-hybridized carbons (Fsp3) is 0.200. The van der Waals surface area contributed by atoms with E-state index >= 15 is 0 Å². The van der Waals surface area contributed by atoms with Crippen molar-refractivity contribution in [3.05, 3.63) is 100 Å². The molecule has 2 aromatic carbocycles. The van der Waals surface area contributed by atoms with Gasteiger partial charge in [0.1, 0.15) is 18.2 Å². The highest BCUT2D eigenvalue weighted by Gasteiger charge is 2.14. The van der Waals surface area contributed by atoms with Crippen molar-refractivity contribution >= 4 is 10.9 Å². The van der Waals surface area contributed by atoms with E-state index in [-0.39, 0.29) is 18.0 Å². The maximum absolute atomic E-state index is 13.0. The second kappa shape index (κ2) is 8.32. The van der Waals surface area contributed by atoms with Crippen LogP contribution in [0.15, 0.2) is 77.9 Å². The summed E-state index contributed by atoms with van der Waals surface area (Å²) in [5.41, 5.74) is 3.46. The van der Waals surface area contributed by atoms with Gasteiger partial charge in [0.2, 0.25) is 0 Å². The number of likely N-dealkylation sites (tertiary alicyclic amines) is 1. The van der Waals surface area contributed by atoms with Gasteiger partial charge in [-0.15, -0.1) is 0 Å². The lowest BCUT2D eigenvalue weighted by Gasteiger charge is -2.30. The zero-order valence-corrected chi connectivity index (χ0v) is 17.0. The molecule has 0 N–H and O–H groups in total. The molecule has 0 saturated carbocycles. The van der Waals surface area contributed by atoms with E-state index in [0.717, 1.165) is 41.8 Å². The fourth-order valence-electron chi connectivity index (χ4n) is 3.70. The van der Waals surface area contributed by atoms with Crippen LogP contribution in [0.3, 0.4) is 0 Å². The minimum Gasteiger partial charge on any atom is -0.489 e. The highest BCUT2D eigenvalue weighted by Crippen LogP contribution is 2.20. The van der Waals surface area contributed by atoms with Gasteiger partial charge in [-0.1, -0.05) is 18.2 Å². The molecule has 0 unspecified atom stereocenters. The zero-order valence-electron chi connectivity index (χ0n) is 17.0. The number of halogens is 1. The quantitative estimate of drug-likeness (QED) is 0.471. The first-order valence-corrected chi connectivity index (χ1v) is 10.4. The van der Waals surface area contributed by atoms with Crippen molar-refractivity contribution in [3.8, 4) is 11.4 Å². The molecular formula is C25H22FN3O2. The van der Waals surface area contributed by atoms with Crippen LogP contribution in [0.25, 0.3) is 16.6 Å². The lowest BCUT2D eigenvalue weighted by molar-refractivity contribution is 0.172. The largest absolute Gasteiger partial charge is 0.489 e. The summed E-state index contributed by atoms with van der Waals surface area (Å²) in [5.74, 6) is 0.184. The monoisotopic (exact) mass is 415 g/mol. The second-order valence-corrected chi connectivity index (χ2v) is 7.84. The van der Waals surface area contributed by atoms with Crippen LogP contribution in [-0.2, 0) is 13.2 Å². The fourth-order valence-corrected chi connectivity index (χ4v) is 3.70. The molecule has 156 valence electrons. The van der Waals surface area contributed by atoms with Crippen LogP contribution in [-0.4, -0.2) is 27.5 Å². The molecule has 31 heavy (non-hydrogen) atoms. The van der Waals surface area contributed by atoms with Gasteiger partial charge in [-0.05, 0) is 67.0 Å². The van der Waals surface area contributed by atoms with E-state index < -0.39 is 0 Å². The van der Waals surface area contributed by atoms with E-state index in [2.05, 4.69) is 16.0 Å². The molecule has 1 aliphatic rings. The van der Waals surface area contributed by atoms with Crippen LogP contribution in [0.5, 0.6) is 5.75 Å². The number of fused-ring (bicyclic) bond motifs is 1. The normalized spacial score (nSPS) is 13.8. The third kappa shape index (κ3) is 4.34. The van der Waals surface area contributed by atoms with Crippen molar-refractivity contribution in [2.75, 3.05) is 13.1 Å². The number of aromatic nitrogens is 2. The summed E-state index contributed by atoms with van der Waals surface area (Å²) in [4.78, 5) is 19.7. The molecule has 0 bridgehead atoms. The van der Waals surface area contributed by atoms with E-state index in [9.17, 15) is 9.18 Å². The minimum absolute atomic E-state index is 0.189. The van der Waals surface area contributed by atoms with Crippen molar-refractivity contribution in [2.24, 2.45) is 0 Å². The lowest BCUT2D eigenvalue weighted by Crippen LogP contribution is -2.36. The molecule has 1 fully saturated rings. The lowest BCUT2D eigenvalue weighted by atomic mass is 10.1. The number of ether oxygens (including phenoxy) is 1. The molecule has 0 spiro atoms. The van der Waals surface area contributed by atoms with Crippen LogP contribution in [0.1, 0.15) is 17.5 Å². The SMILES string of the molecule is O=c1cc(OCc2ccc(F)cc2)ccn1-c1ccc2cc(CN3CCC3)cnc2c1. The summed E-state index contributed by atoms with van der Waals surface area (Å²) in [6, 6.07) is 17.3. The number of benzene rings is 2. The van der Waals surface area contributed by atoms with E-state index in [0.29, 0.717) is 5.75 Å². The number of hydrogen-bond acceptors (Lipinski definition) is 4. The first-order valence-electron chi connectivity index (χ1n) is 10.4. The average molecular weight is 415 g/mol. The second-order valence-electron chi connectivity index (χ2n) is 7.84. The number of pyridine rings is 2. The molecule has 5 rings (SSSR count). The number of rotatable bonds is 6. The Balaban J connectivity index is 1.33. The predicted molar refractivity (Wildman–Crippen MR) is 118 cm³/mol. The van der Waals surface area contributed by atoms with E-state index in [1.807, 2.05) is 24.4 Å². The van der Waals surface area contributed by atoms with Gasteiger partial charge in [0.15, 0.2) is 0 Å². The molecule has 6 heteroatoms. The summed E-state index contributed by atoms with van der Waals surface area (Å²) in [5, 5.41) is 1.06. The summed E-state index contributed by atoms with van der Waals surface area (Å²) < 4.78 is 20.3. The number of hydrogen-bond donors (Lipinski definition) is 0. The third-order valence-corrected chi connectivity index (χ3v) is 5.57. The Morgan fingerprint density at radius 2 is 1.81 bits per heavy atom.